The lowest BCUT2D eigenvalue weighted by atomic mass is 9.87. The smallest absolute Gasteiger partial charge is 0.279 e. The molecule has 1 unspecified atom stereocenters. The number of nitrogens with one attached hydrogen (secondary N) is 2. The maximum Gasteiger partial charge on any atom is 0.279 e. The van der Waals surface area contributed by atoms with Gasteiger partial charge in [0.25, 0.3) is 5.91 Å². The van der Waals surface area contributed by atoms with Crippen LogP contribution in [0.15, 0.2) is 53.4 Å². The molecule has 1 fully saturated rings. The number of likely N-dealkylation sites (N-methyl/N-ethyl adjacent to an activating group) is 1. The molecule has 1 atom stereocenters. The minimum absolute atomic E-state index is 0.0982. The molecule has 168 valence electrons. The van der Waals surface area contributed by atoms with Gasteiger partial charge in [-0.25, -0.2) is 8.42 Å². The Balaban J connectivity index is 1.53. The number of hydrogen-bond donors (Lipinski definition) is 2. The van der Waals surface area contributed by atoms with E-state index in [1.165, 1.54) is 15.4 Å². The van der Waals surface area contributed by atoms with Crippen molar-refractivity contribution >= 4 is 21.6 Å². The molecule has 1 aliphatic rings. The molecule has 6 nitrogen and oxygen atoms in total. The van der Waals surface area contributed by atoms with E-state index in [0.717, 1.165) is 24.3 Å². The second kappa shape index (κ2) is 9.51. The highest BCUT2D eigenvalue weighted by atomic mass is 32.2. The van der Waals surface area contributed by atoms with Crippen LogP contribution >= 0.6 is 0 Å². The lowest BCUT2D eigenvalue weighted by Gasteiger charge is -2.20. The summed E-state index contributed by atoms with van der Waals surface area (Å²) in [7, 11) is -1.44. The number of carbonyl (C=O) groups is 1. The standard InChI is InChI=1S/C24H33N3O3S/c1-24(2,3)20-9-7-19(8-10-20)17-26(4)18-23(28)25-21-11-13-22(14-12-21)31(29,30)27-15-5-6-16-27/h7-14H,5-6,15-18H2,1-4H3,(H,25,28)/p+1. The number of amides is 1. The van der Waals surface area contributed by atoms with Crippen molar-refractivity contribution < 1.29 is 18.1 Å². The van der Waals surface area contributed by atoms with Crippen molar-refractivity contribution in [2.45, 2.75) is 50.5 Å². The molecule has 7 heteroatoms. The topological polar surface area (TPSA) is 70.9 Å². The summed E-state index contributed by atoms with van der Waals surface area (Å²) in [5.74, 6) is -0.0982. The highest BCUT2D eigenvalue weighted by Gasteiger charge is 2.27. The zero-order valence-electron chi connectivity index (χ0n) is 18.9. The fourth-order valence-electron chi connectivity index (χ4n) is 3.80. The molecule has 0 spiro atoms. The van der Waals surface area contributed by atoms with Gasteiger partial charge in [0, 0.05) is 24.3 Å². The van der Waals surface area contributed by atoms with E-state index in [4.69, 9.17) is 0 Å². The first-order valence-corrected chi connectivity index (χ1v) is 12.3. The average Bonchev–Trinajstić information content (AvgIpc) is 3.23. The first-order chi connectivity index (χ1) is 14.6. The number of rotatable bonds is 7. The van der Waals surface area contributed by atoms with Crippen LogP contribution in [0, 0.1) is 0 Å². The number of quaternary nitrogens is 1. The summed E-state index contributed by atoms with van der Waals surface area (Å²) in [5, 5.41) is 2.87. The van der Waals surface area contributed by atoms with E-state index < -0.39 is 10.0 Å². The Kier molecular flexibility index (Phi) is 7.19. The third-order valence-corrected chi connectivity index (χ3v) is 7.54. The Bertz CT molecular complexity index is 988. The number of sulfonamides is 1. The maximum atomic E-state index is 12.6. The summed E-state index contributed by atoms with van der Waals surface area (Å²) < 4.78 is 26.7. The molecule has 0 aliphatic carbocycles. The van der Waals surface area contributed by atoms with E-state index >= 15 is 0 Å². The quantitative estimate of drug-likeness (QED) is 0.689. The van der Waals surface area contributed by atoms with Crippen molar-refractivity contribution in [3.05, 3.63) is 59.7 Å². The molecule has 1 aliphatic heterocycles. The van der Waals surface area contributed by atoms with E-state index in [9.17, 15) is 13.2 Å². The van der Waals surface area contributed by atoms with E-state index in [-0.39, 0.29) is 16.2 Å². The van der Waals surface area contributed by atoms with Crippen molar-refractivity contribution in [3.63, 3.8) is 0 Å². The number of nitrogens with zero attached hydrogens (tertiary/aromatic N) is 1. The van der Waals surface area contributed by atoms with E-state index in [0.29, 0.717) is 25.3 Å². The van der Waals surface area contributed by atoms with E-state index in [2.05, 4.69) is 50.4 Å². The van der Waals surface area contributed by atoms with Crippen LogP contribution in [-0.2, 0) is 26.8 Å². The van der Waals surface area contributed by atoms with Gasteiger partial charge in [-0.3, -0.25) is 4.79 Å². The highest BCUT2D eigenvalue weighted by Crippen LogP contribution is 2.23. The van der Waals surface area contributed by atoms with Gasteiger partial charge in [0.2, 0.25) is 10.0 Å². The van der Waals surface area contributed by atoms with Gasteiger partial charge in [-0.2, -0.15) is 4.31 Å². The zero-order chi connectivity index (χ0) is 22.6. The lowest BCUT2D eigenvalue weighted by molar-refractivity contribution is -0.885. The molecule has 1 amide bonds. The third kappa shape index (κ3) is 6.15. The fourth-order valence-corrected chi connectivity index (χ4v) is 5.32. The van der Waals surface area contributed by atoms with Crippen LogP contribution < -0.4 is 10.2 Å². The van der Waals surface area contributed by atoms with Gasteiger partial charge in [0.1, 0.15) is 6.54 Å². The molecule has 0 saturated carbocycles. The van der Waals surface area contributed by atoms with Gasteiger partial charge in [-0.05, 0) is 48.1 Å². The summed E-state index contributed by atoms with van der Waals surface area (Å²) in [6.45, 7) is 8.82. The molecular formula is C24H34N3O3S+. The van der Waals surface area contributed by atoms with Crippen molar-refractivity contribution in [2.75, 3.05) is 32.0 Å². The van der Waals surface area contributed by atoms with Crippen LogP contribution in [0.2, 0.25) is 0 Å². The number of carbonyl (C=O) groups excluding carboxylic acids is 1. The van der Waals surface area contributed by atoms with Crippen LogP contribution in [0.3, 0.4) is 0 Å². The predicted molar refractivity (Wildman–Crippen MR) is 124 cm³/mol. The summed E-state index contributed by atoms with van der Waals surface area (Å²) in [6.07, 6.45) is 1.81. The molecule has 2 N–H and O–H groups in total. The minimum Gasteiger partial charge on any atom is -0.326 e. The molecule has 1 saturated heterocycles. The largest absolute Gasteiger partial charge is 0.326 e. The molecule has 0 radical (unpaired) electrons. The second-order valence-corrected chi connectivity index (χ2v) is 11.4. The molecule has 0 bridgehead atoms. The summed E-state index contributed by atoms with van der Waals surface area (Å²) in [6, 6.07) is 15.0. The van der Waals surface area contributed by atoms with Crippen LogP contribution in [-0.4, -0.2) is 45.3 Å². The van der Waals surface area contributed by atoms with Crippen LogP contribution in [0.25, 0.3) is 0 Å². The molecule has 2 aromatic rings. The lowest BCUT2D eigenvalue weighted by Crippen LogP contribution is -3.08. The number of anilines is 1. The minimum atomic E-state index is -3.43. The van der Waals surface area contributed by atoms with Gasteiger partial charge in [0.05, 0.1) is 11.9 Å². The molecule has 2 aromatic carbocycles. The normalized spacial score (nSPS) is 16.3. The Morgan fingerprint density at radius 2 is 1.58 bits per heavy atom. The molecule has 31 heavy (non-hydrogen) atoms. The van der Waals surface area contributed by atoms with Gasteiger partial charge < -0.3 is 10.2 Å². The van der Waals surface area contributed by atoms with Gasteiger partial charge >= 0.3 is 0 Å². The maximum absolute atomic E-state index is 12.6. The van der Waals surface area contributed by atoms with Gasteiger partial charge in [-0.1, -0.05) is 45.0 Å². The molecular weight excluding hydrogens is 410 g/mol. The zero-order valence-corrected chi connectivity index (χ0v) is 19.8. The second-order valence-electron chi connectivity index (χ2n) is 9.44. The van der Waals surface area contributed by atoms with Crippen molar-refractivity contribution in [1.29, 1.82) is 0 Å². The summed E-state index contributed by atoms with van der Waals surface area (Å²) >= 11 is 0. The van der Waals surface area contributed by atoms with Gasteiger partial charge in [-0.15, -0.1) is 0 Å². The Morgan fingerprint density at radius 3 is 2.13 bits per heavy atom. The van der Waals surface area contributed by atoms with Crippen molar-refractivity contribution in [2.24, 2.45) is 0 Å². The van der Waals surface area contributed by atoms with Gasteiger partial charge in [0.15, 0.2) is 6.54 Å². The van der Waals surface area contributed by atoms with Crippen LogP contribution in [0.4, 0.5) is 5.69 Å². The molecule has 0 aromatic heterocycles. The first kappa shape index (κ1) is 23.4. The monoisotopic (exact) mass is 444 g/mol. The fraction of sp³-hybridized carbons (Fsp3) is 0.458. The average molecular weight is 445 g/mol. The SMILES string of the molecule is C[NH+](CC(=O)Nc1ccc(S(=O)(=O)N2CCCC2)cc1)Cc1ccc(C(C)(C)C)cc1. The Morgan fingerprint density at radius 1 is 1.00 bits per heavy atom. The van der Waals surface area contributed by atoms with Crippen LogP contribution in [0.1, 0.15) is 44.7 Å². The number of benzene rings is 2. The molecule has 3 rings (SSSR count). The highest BCUT2D eigenvalue weighted by molar-refractivity contribution is 7.89. The Hall–Kier alpha value is -2.22. The number of hydrogen-bond acceptors (Lipinski definition) is 3. The summed E-state index contributed by atoms with van der Waals surface area (Å²) in [5.41, 5.74) is 3.21. The van der Waals surface area contributed by atoms with Crippen molar-refractivity contribution in [3.8, 4) is 0 Å². The van der Waals surface area contributed by atoms with E-state index in [1.807, 2.05) is 7.05 Å². The first-order valence-electron chi connectivity index (χ1n) is 10.9. The molecule has 1 heterocycles. The predicted octanol–water partition coefficient (Wildman–Crippen LogP) is 2.42. The van der Waals surface area contributed by atoms with Crippen LogP contribution in [0.5, 0.6) is 0 Å². The van der Waals surface area contributed by atoms with Crippen molar-refractivity contribution in [1.82, 2.24) is 4.31 Å². The van der Waals surface area contributed by atoms with E-state index in [1.54, 1.807) is 24.3 Å². The Labute approximate surface area is 186 Å². The summed E-state index contributed by atoms with van der Waals surface area (Å²) in [4.78, 5) is 13.8. The third-order valence-electron chi connectivity index (χ3n) is 5.63.